The fourth-order valence-electron chi connectivity index (χ4n) is 1.34. The summed E-state index contributed by atoms with van der Waals surface area (Å²) in [4.78, 5) is 3.72. The largest absolute Gasteiger partial charge is 0.324 e. The van der Waals surface area contributed by atoms with Crippen molar-refractivity contribution in [2.45, 2.75) is 5.03 Å². The van der Waals surface area contributed by atoms with Crippen LogP contribution in [0.25, 0.3) is 0 Å². The summed E-state index contributed by atoms with van der Waals surface area (Å²) in [5.74, 6) is -0.487. The summed E-state index contributed by atoms with van der Waals surface area (Å²) in [5.41, 5.74) is 0.204. The van der Waals surface area contributed by atoms with Crippen molar-refractivity contribution in [2.75, 3.05) is 4.72 Å². The maximum Gasteiger partial charge on any atom is 0.282 e. The van der Waals surface area contributed by atoms with Crippen molar-refractivity contribution in [3.8, 4) is 0 Å². The van der Waals surface area contributed by atoms with E-state index in [4.69, 9.17) is 11.6 Å². The monoisotopic (exact) mass is 367 g/mol. The smallest absolute Gasteiger partial charge is 0.282 e. The molecule has 1 N–H and O–H groups in total. The second-order valence-electron chi connectivity index (χ2n) is 3.69. The average molecular weight is 369 g/mol. The van der Waals surface area contributed by atoms with Crippen LogP contribution in [0.1, 0.15) is 0 Å². The number of aryl methyl sites for hydroxylation is 1. The van der Waals surface area contributed by atoms with Gasteiger partial charge >= 0.3 is 0 Å². The standard InChI is InChI=1S/C10H8BrClFN3O2S/c1-16-5-14-10(9(16)12)19(17,18)15-6-2-3-8(13)7(11)4-6/h2-5,15H,1H3. The molecule has 0 unspecified atom stereocenters. The first kappa shape index (κ1) is 14.3. The zero-order valence-electron chi connectivity index (χ0n) is 9.56. The molecule has 9 heteroatoms. The molecule has 0 saturated heterocycles. The van der Waals surface area contributed by atoms with Gasteiger partial charge in [0.25, 0.3) is 10.0 Å². The first-order chi connectivity index (χ1) is 8.81. The van der Waals surface area contributed by atoms with Crippen molar-refractivity contribution in [3.05, 3.63) is 40.0 Å². The van der Waals surface area contributed by atoms with E-state index in [0.29, 0.717) is 0 Å². The molecule has 0 saturated carbocycles. The second-order valence-corrected chi connectivity index (χ2v) is 6.50. The third-order valence-corrected chi connectivity index (χ3v) is 4.74. The van der Waals surface area contributed by atoms with Crippen LogP contribution in [-0.4, -0.2) is 18.0 Å². The van der Waals surface area contributed by atoms with Crippen molar-refractivity contribution >= 4 is 43.2 Å². The number of hydrogen-bond acceptors (Lipinski definition) is 3. The van der Waals surface area contributed by atoms with E-state index in [1.54, 1.807) is 7.05 Å². The van der Waals surface area contributed by atoms with Crippen LogP contribution in [0.5, 0.6) is 0 Å². The lowest BCUT2D eigenvalue weighted by molar-refractivity contribution is 0.598. The number of aromatic nitrogens is 2. The van der Waals surface area contributed by atoms with Crippen LogP contribution in [0.3, 0.4) is 0 Å². The molecule has 19 heavy (non-hydrogen) atoms. The Bertz CT molecular complexity index is 732. The van der Waals surface area contributed by atoms with Crippen molar-refractivity contribution in [2.24, 2.45) is 7.05 Å². The van der Waals surface area contributed by atoms with E-state index in [1.807, 2.05) is 0 Å². The Kier molecular flexibility index (Phi) is 3.84. The molecule has 1 heterocycles. The van der Waals surface area contributed by atoms with Crippen molar-refractivity contribution in [1.82, 2.24) is 9.55 Å². The quantitative estimate of drug-likeness (QED) is 0.906. The highest BCUT2D eigenvalue weighted by Gasteiger charge is 2.22. The van der Waals surface area contributed by atoms with E-state index in [1.165, 1.54) is 23.0 Å². The first-order valence-corrected chi connectivity index (χ1v) is 7.61. The Morgan fingerprint density at radius 3 is 2.68 bits per heavy atom. The molecule has 5 nitrogen and oxygen atoms in total. The highest BCUT2D eigenvalue weighted by Crippen LogP contribution is 2.24. The number of imidazole rings is 1. The summed E-state index contributed by atoms with van der Waals surface area (Å²) >= 11 is 8.80. The molecule has 0 aliphatic carbocycles. The van der Waals surface area contributed by atoms with Crippen LogP contribution >= 0.6 is 27.5 Å². The molecule has 0 fully saturated rings. The SMILES string of the molecule is Cn1cnc(S(=O)(=O)Nc2ccc(F)c(Br)c2)c1Cl. The summed E-state index contributed by atoms with van der Waals surface area (Å²) in [6.07, 6.45) is 1.29. The number of benzene rings is 1. The van der Waals surface area contributed by atoms with E-state index in [9.17, 15) is 12.8 Å². The van der Waals surface area contributed by atoms with Crippen LogP contribution in [0.15, 0.2) is 34.0 Å². The molecule has 102 valence electrons. The minimum Gasteiger partial charge on any atom is -0.324 e. The second kappa shape index (κ2) is 5.10. The highest BCUT2D eigenvalue weighted by atomic mass is 79.9. The summed E-state index contributed by atoms with van der Waals surface area (Å²) < 4.78 is 41.0. The molecule has 2 rings (SSSR count). The van der Waals surface area contributed by atoms with Crippen molar-refractivity contribution < 1.29 is 12.8 Å². The normalized spacial score (nSPS) is 11.6. The molecule has 2 aromatic rings. The molecule has 1 aromatic carbocycles. The van der Waals surface area contributed by atoms with Gasteiger partial charge in [-0.15, -0.1) is 0 Å². The van der Waals surface area contributed by atoms with E-state index in [0.717, 1.165) is 6.07 Å². The van der Waals surface area contributed by atoms with Gasteiger partial charge in [0.2, 0.25) is 5.03 Å². The summed E-state index contributed by atoms with van der Waals surface area (Å²) in [6, 6.07) is 3.75. The Hall–Kier alpha value is -1.12. The van der Waals surface area contributed by atoms with Crippen LogP contribution in [0.4, 0.5) is 10.1 Å². The minimum atomic E-state index is -3.91. The molecule has 0 amide bonds. The number of nitrogens with one attached hydrogen (secondary N) is 1. The third kappa shape index (κ3) is 2.90. The minimum absolute atomic E-state index is 0.00585. The molecule has 0 aliphatic rings. The molecule has 0 radical (unpaired) electrons. The van der Waals surface area contributed by atoms with Crippen LogP contribution in [0, 0.1) is 5.82 Å². The van der Waals surface area contributed by atoms with Crippen LogP contribution < -0.4 is 4.72 Å². The van der Waals surface area contributed by atoms with Crippen molar-refractivity contribution in [1.29, 1.82) is 0 Å². The maximum atomic E-state index is 13.1. The zero-order valence-corrected chi connectivity index (χ0v) is 12.7. The Labute approximate surface area is 122 Å². The fourth-order valence-corrected chi connectivity index (χ4v) is 3.20. The predicted molar refractivity (Wildman–Crippen MR) is 73.1 cm³/mol. The zero-order chi connectivity index (χ0) is 14.2. The molecular weight excluding hydrogens is 361 g/mol. The first-order valence-electron chi connectivity index (χ1n) is 4.96. The topological polar surface area (TPSA) is 64.0 Å². The number of nitrogens with zero attached hydrogens (tertiary/aromatic N) is 2. The van der Waals surface area contributed by atoms with Crippen LogP contribution in [-0.2, 0) is 17.1 Å². The van der Waals surface area contributed by atoms with Gasteiger partial charge in [-0.25, -0.2) is 9.37 Å². The third-order valence-electron chi connectivity index (χ3n) is 2.26. The van der Waals surface area contributed by atoms with Gasteiger partial charge in [0, 0.05) is 7.05 Å². The lowest BCUT2D eigenvalue weighted by Gasteiger charge is -2.07. The number of rotatable bonds is 3. The van der Waals surface area contributed by atoms with Gasteiger partial charge in [-0.05, 0) is 34.1 Å². The Morgan fingerprint density at radius 1 is 1.47 bits per heavy atom. The molecule has 0 aliphatic heterocycles. The Balaban J connectivity index is 2.36. The van der Waals surface area contributed by atoms with Gasteiger partial charge < -0.3 is 4.57 Å². The fraction of sp³-hybridized carbons (Fsp3) is 0.100. The molecule has 0 bridgehead atoms. The molecule has 0 spiro atoms. The maximum absolute atomic E-state index is 13.1. The van der Waals surface area contributed by atoms with E-state index in [-0.39, 0.29) is 20.3 Å². The van der Waals surface area contributed by atoms with E-state index < -0.39 is 15.8 Å². The molecule has 0 atom stereocenters. The van der Waals surface area contributed by atoms with E-state index >= 15 is 0 Å². The summed E-state index contributed by atoms with van der Waals surface area (Å²) in [7, 11) is -2.34. The van der Waals surface area contributed by atoms with E-state index in [2.05, 4.69) is 25.6 Å². The van der Waals surface area contributed by atoms with Gasteiger partial charge in [-0.3, -0.25) is 4.72 Å². The number of halogens is 3. The highest BCUT2D eigenvalue weighted by molar-refractivity contribution is 9.10. The molecule has 1 aromatic heterocycles. The number of hydrogen-bond donors (Lipinski definition) is 1. The predicted octanol–water partition coefficient (Wildman–Crippen LogP) is 2.78. The summed E-state index contributed by atoms with van der Waals surface area (Å²) in [5, 5.41) is -0.286. The van der Waals surface area contributed by atoms with Gasteiger partial charge in [0.1, 0.15) is 11.0 Å². The number of sulfonamides is 1. The summed E-state index contributed by atoms with van der Waals surface area (Å²) in [6.45, 7) is 0. The van der Waals surface area contributed by atoms with Gasteiger partial charge in [-0.1, -0.05) is 11.6 Å². The lowest BCUT2D eigenvalue weighted by atomic mass is 10.3. The van der Waals surface area contributed by atoms with Gasteiger partial charge in [0.15, 0.2) is 0 Å². The average Bonchev–Trinajstić information content (AvgIpc) is 2.65. The lowest BCUT2D eigenvalue weighted by Crippen LogP contribution is -2.14. The molecular formula is C10H8BrClFN3O2S. The number of anilines is 1. The van der Waals surface area contributed by atoms with Crippen LogP contribution in [0.2, 0.25) is 5.15 Å². The Morgan fingerprint density at radius 2 is 2.16 bits per heavy atom. The van der Waals surface area contributed by atoms with Gasteiger partial charge in [0.05, 0.1) is 16.5 Å². The van der Waals surface area contributed by atoms with Gasteiger partial charge in [-0.2, -0.15) is 8.42 Å². The van der Waals surface area contributed by atoms with Crippen molar-refractivity contribution in [3.63, 3.8) is 0 Å².